The lowest BCUT2D eigenvalue weighted by atomic mass is 10.0. The lowest BCUT2D eigenvalue weighted by Gasteiger charge is -2.09. The Morgan fingerprint density at radius 1 is 1.00 bits per heavy atom. The number of nitrogens with two attached hydrogens (primary N) is 1. The number of rotatable bonds is 1. The second kappa shape index (κ2) is 4.63. The molecule has 0 radical (unpaired) electrons. The molecule has 3 heteroatoms. The normalized spacial score (nSPS) is 18.3. The van der Waals surface area contributed by atoms with Gasteiger partial charge in [0.2, 0.25) is 0 Å². The van der Waals surface area contributed by atoms with Crippen molar-refractivity contribution in [1.82, 2.24) is 0 Å². The Hall–Kier alpha value is -2.13. The number of nitrogens with one attached hydrogen (secondary N) is 1. The molecule has 90 valence electrons. The highest BCUT2D eigenvalue weighted by molar-refractivity contribution is 6.16. The van der Waals surface area contributed by atoms with Crippen molar-refractivity contribution in [2.45, 2.75) is 6.17 Å². The largest absolute Gasteiger partial charge is 0.381 e. The summed E-state index contributed by atoms with van der Waals surface area (Å²) in [4.78, 5) is 4.62. The second-order valence-electron chi connectivity index (χ2n) is 4.34. The SMILES string of the molecule is N[C@@H]1CNc2ccccc2C(c2ccccc2)=N1. The van der Waals surface area contributed by atoms with E-state index in [4.69, 9.17) is 5.73 Å². The average Bonchev–Trinajstić information content (AvgIpc) is 2.60. The summed E-state index contributed by atoms with van der Waals surface area (Å²) >= 11 is 0. The summed E-state index contributed by atoms with van der Waals surface area (Å²) in [6, 6.07) is 18.3. The maximum Gasteiger partial charge on any atom is 0.115 e. The Bertz CT molecular complexity index is 575. The van der Waals surface area contributed by atoms with Gasteiger partial charge in [0.1, 0.15) is 6.17 Å². The van der Waals surface area contributed by atoms with Crippen LogP contribution >= 0.6 is 0 Å². The van der Waals surface area contributed by atoms with E-state index in [1.54, 1.807) is 0 Å². The zero-order valence-corrected chi connectivity index (χ0v) is 10.0. The summed E-state index contributed by atoms with van der Waals surface area (Å²) in [6.07, 6.45) is -0.215. The van der Waals surface area contributed by atoms with Crippen LogP contribution in [-0.4, -0.2) is 18.4 Å². The van der Waals surface area contributed by atoms with Gasteiger partial charge in [0.25, 0.3) is 0 Å². The van der Waals surface area contributed by atoms with Gasteiger partial charge in [0.05, 0.1) is 12.3 Å². The molecule has 0 saturated carbocycles. The van der Waals surface area contributed by atoms with E-state index in [2.05, 4.69) is 34.6 Å². The molecule has 0 saturated heterocycles. The zero-order valence-electron chi connectivity index (χ0n) is 10.0. The van der Waals surface area contributed by atoms with Crippen molar-refractivity contribution in [3.05, 3.63) is 65.7 Å². The van der Waals surface area contributed by atoms with Crippen LogP contribution in [-0.2, 0) is 0 Å². The Morgan fingerprint density at radius 2 is 1.72 bits per heavy atom. The third-order valence-corrected chi connectivity index (χ3v) is 3.03. The summed E-state index contributed by atoms with van der Waals surface area (Å²) in [6.45, 7) is 0.660. The van der Waals surface area contributed by atoms with Crippen molar-refractivity contribution in [3.63, 3.8) is 0 Å². The number of benzodiazepines with no additional fused rings is 1. The first-order valence-electron chi connectivity index (χ1n) is 6.06. The second-order valence-corrected chi connectivity index (χ2v) is 4.34. The van der Waals surface area contributed by atoms with Gasteiger partial charge in [-0.1, -0.05) is 48.5 Å². The Labute approximate surface area is 106 Å². The molecule has 0 spiro atoms. The molecule has 3 rings (SSSR count). The molecular weight excluding hydrogens is 222 g/mol. The van der Waals surface area contributed by atoms with Crippen LogP contribution in [0.15, 0.2) is 59.6 Å². The Balaban J connectivity index is 2.16. The molecule has 1 atom stereocenters. The number of hydrogen-bond donors (Lipinski definition) is 2. The third kappa shape index (κ3) is 2.00. The van der Waals surface area contributed by atoms with E-state index in [0.29, 0.717) is 6.54 Å². The van der Waals surface area contributed by atoms with Gasteiger partial charge >= 0.3 is 0 Å². The summed E-state index contributed by atoms with van der Waals surface area (Å²) in [5, 5.41) is 3.34. The van der Waals surface area contributed by atoms with Crippen molar-refractivity contribution < 1.29 is 0 Å². The van der Waals surface area contributed by atoms with Gasteiger partial charge in [-0.2, -0.15) is 0 Å². The van der Waals surface area contributed by atoms with E-state index in [9.17, 15) is 0 Å². The van der Waals surface area contributed by atoms with Gasteiger partial charge < -0.3 is 11.1 Å². The van der Waals surface area contributed by atoms with E-state index in [0.717, 1.165) is 22.5 Å². The van der Waals surface area contributed by atoms with E-state index in [1.165, 1.54) is 0 Å². The van der Waals surface area contributed by atoms with E-state index < -0.39 is 0 Å². The number of fused-ring (bicyclic) bond motifs is 1. The van der Waals surface area contributed by atoms with Gasteiger partial charge in [0.15, 0.2) is 0 Å². The number of anilines is 1. The van der Waals surface area contributed by atoms with Crippen molar-refractivity contribution in [2.75, 3.05) is 11.9 Å². The summed E-state index contributed by atoms with van der Waals surface area (Å²) in [5.74, 6) is 0. The average molecular weight is 237 g/mol. The molecule has 2 aromatic carbocycles. The smallest absolute Gasteiger partial charge is 0.115 e. The zero-order chi connectivity index (χ0) is 12.4. The van der Waals surface area contributed by atoms with Crippen LogP contribution in [0, 0.1) is 0 Å². The van der Waals surface area contributed by atoms with E-state index in [1.807, 2.05) is 30.3 Å². The maximum atomic E-state index is 5.99. The minimum Gasteiger partial charge on any atom is -0.381 e. The first-order valence-corrected chi connectivity index (χ1v) is 6.06. The Kier molecular flexibility index (Phi) is 2.82. The fourth-order valence-corrected chi connectivity index (χ4v) is 2.17. The van der Waals surface area contributed by atoms with Crippen LogP contribution in [0.4, 0.5) is 5.69 Å². The first kappa shape index (κ1) is 11.0. The number of para-hydroxylation sites is 1. The predicted molar refractivity (Wildman–Crippen MR) is 75.0 cm³/mol. The third-order valence-electron chi connectivity index (χ3n) is 3.03. The number of nitrogens with zero attached hydrogens (tertiary/aromatic N) is 1. The maximum absolute atomic E-state index is 5.99. The fraction of sp³-hybridized carbons (Fsp3) is 0.133. The van der Waals surface area contributed by atoms with Crippen molar-refractivity contribution >= 4 is 11.4 Å². The van der Waals surface area contributed by atoms with Crippen LogP contribution < -0.4 is 11.1 Å². The topological polar surface area (TPSA) is 50.4 Å². The number of hydrogen-bond acceptors (Lipinski definition) is 3. The Morgan fingerprint density at radius 3 is 2.56 bits per heavy atom. The molecule has 0 aliphatic carbocycles. The van der Waals surface area contributed by atoms with Crippen LogP contribution in [0.1, 0.15) is 11.1 Å². The molecule has 1 aliphatic rings. The molecule has 1 aliphatic heterocycles. The highest BCUT2D eigenvalue weighted by Crippen LogP contribution is 2.22. The number of benzene rings is 2. The van der Waals surface area contributed by atoms with Crippen LogP contribution in [0.25, 0.3) is 0 Å². The van der Waals surface area contributed by atoms with Crippen molar-refractivity contribution in [1.29, 1.82) is 0 Å². The summed E-state index contributed by atoms with van der Waals surface area (Å²) in [7, 11) is 0. The van der Waals surface area contributed by atoms with Crippen molar-refractivity contribution in [2.24, 2.45) is 10.7 Å². The molecule has 0 amide bonds. The molecule has 2 aromatic rings. The summed E-state index contributed by atoms with van der Waals surface area (Å²) < 4.78 is 0. The molecule has 0 unspecified atom stereocenters. The highest BCUT2D eigenvalue weighted by atomic mass is 15.0. The molecule has 3 nitrogen and oxygen atoms in total. The minimum absolute atomic E-state index is 0.215. The summed E-state index contributed by atoms with van der Waals surface area (Å²) in [5.41, 5.74) is 10.3. The predicted octanol–water partition coefficient (Wildman–Crippen LogP) is 2.23. The molecule has 18 heavy (non-hydrogen) atoms. The standard InChI is InChI=1S/C15H15N3/c16-14-10-17-13-9-5-4-8-12(13)15(18-14)11-6-2-1-3-7-11/h1-9,14,17H,10,16H2/t14-/m0/s1. The van der Waals surface area contributed by atoms with Gasteiger partial charge in [-0.05, 0) is 6.07 Å². The quantitative estimate of drug-likeness (QED) is 0.799. The van der Waals surface area contributed by atoms with Crippen LogP contribution in [0.3, 0.4) is 0 Å². The van der Waals surface area contributed by atoms with Crippen LogP contribution in [0.5, 0.6) is 0 Å². The van der Waals surface area contributed by atoms with E-state index in [-0.39, 0.29) is 6.17 Å². The van der Waals surface area contributed by atoms with Crippen LogP contribution in [0.2, 0.25) is 0 Å². The van der Waals surface area contributed by atoms with Gasteiger partial charge in [-0.25, -0.2) is 0 Å². The molecule has 0 aromatic heterocycles. The monoisotopic (exact) mass is 237 g/mol. The minimum atomic E-state index is -0.215. The van der Waals surface area contributed by atoms with Gasteiger partial charge in [0, 0.05) is 16.8 Å². The highest BCUT2D eigenvalue weighted by Gasteiger charge is 2.16. The fourth-order valence-electron chi connectivity index (χ4n) is 2.17. The van der Waals surface area contributed by atoms with Gasteiger partial charge in [-0.15, -0.1) is 0 Å². The molecular formula is C15H15N3. The van der Waals surface area contributed by atoms with Gasteiger partial charge in [-0.3, -0.25) is 4.99 Å². The molecule has 1 heterocycles. The lowest BCUT2D eigenvalue weighted by molar-refractivity contribution is 0.750. The first-order chi connectivity index (χ1) is 8.84. The lowest BCUT2D eigenvalue weighted by Crippen LogP contribution is -2.26. The van der Waals surface area contributed by atoms with Crippen molar-refractivity contribution in [3.8, 4) is 0 Å². The molecule has 0 bridgehead atoms. The number of aliphatic imine (C=N–C) groups is 1. The molecule has 3 N–H and O–H groups in total. The van der Waals surface area contributed by atoms with E-state index >= 15 is 0 Å². The molecule has 0 fully saturated rings.